The van der Waals surface area contributed by atoms with Gasteiger partial charge in [0, 0.05) is 42.7 Å². The molecule has 0 bridgehead atoms. The second kappa shape index (κ2) is 7.18. The average Bonchev–Trinajstić information content (AvgIpc) is 3.17. The highest BCUT2D eigenvalue weighted by Gasteiger charge is 2.27. The summed E-state index contributed by atoms with van der Waals surface area (Å²) in [6.07, 6.45) is 7.27. The maximum atomic E-state index is 12.6. The molecule has 1 amide bonds. The van der Waals surface area contributed by atoms with Crippen LogP contribution in [0.2, 0.25) is 0 Å². The smallest absolute Gasteiger partial charge is 0.223 e. The van der Waals surface area contributed by atoms with Crippen molar-refractivity contribution in [1.29, 1.82) is 0 Å². The summed E-state index contributed by atoms with van der Waals surface area (Å²) in [6, 6.07) is 6.72. The normalized spacial score (nSPS) is 18.0. The number of carbonyl (C=O) groups excluding carboxylic acids is 1. The van der Waals surface area contributed by atoms with Crippen molar-refractivity contribution in [2.75, 3.05) is 13.2 Å². The standard InChI is InChI=1S/C19H26N2O2/c1-14-6-8-18-17(12-14)15(13-20-18)7-9-19(23)21-10-2-4-16(21)5-3-11-22/h6,8,12-13,16,20,22H,2-5,7,9-11H2,1H3. The first-order valence-electron chi connectivity index (χ1n) is 8.66. The zero-order valence-corrected chi connectivity index (χ0v) is 13.8. The number of hydrogen-bond donors (Lipinski definition) is 2. The summed E-state index contributed by atoms with van der Waals surface area (Å²) < 4.78 is 0. The number of aliphatic hydroxyl groups excluding tert-OH is 1. The summed E-state index contributed by atoms with van der Waals surface area (Å²) in [5.41, 5.74) is 3.61. The van der Waals surface area contributed by atoms with Gasteiger partial charge in [0.25, 0.3) is 0 Å². The van der Waals surface area contributed by atoms with E-state index in [-0.39, 0.29) is 12.5 Å². The predicted molar refractivity (Wildman–Crippen MR) is 92.4 cm³/mol. The van der Waals surface area contributed by atoms with E-state index in [1.807, 2.05) is 11.1 Å². The first kappa shape index (κ1) is 16.1. The van der Waals surface area contributed by atoms with Crippen LogP contribution in [-0.4, -0.2) is 40.1 Å². The number of benzene rings is 1. The number of H-pyrrole nitrogens is 1. The Morgan fingerprint density at radius 3 is 3.13 bits per heavy atom. The number of nitrogens with one attached hydrogen (secondary N) is 1. The van der Waals surface area contributed by atoms with Gasteiger partial charge in [0.2, 0.25) is 5.91 Å². The van der Waals surface area contributed by atoms with Crippen LogP contribution in [-0.2, 0) is 11.2 Å². The fourth-order valence-electron chi connectivity index (χ4n) is 3.68. The first-order chi connectivity index (χ1) is 11.2. The molecular weight excluding hydrogens is 288 g/mol. The SMILES string of the molecule is Cc1ccc2[nH]cc(CCC(=O)N3CCCC3CCCO)c2c1. The van der Waals surface area contributed by atoms with Crippen molar-refractivity contribution in [3.63, 3.8) is 0 Å². The summed E-state index contributed by atoms with van der Waals surface area (Å²) >= 11 is 0. The van der Waals surface area contributed by atoms with E-state index in [9.17, 15) is 4.79 Å². The molecule has 1 aliphatic heterocycles. The number of nitrogens with zero attached hydrogens (tertiary/aromatic N) is 1. The molecule has 2 heterocycles. The van der Waals surface area contributed by atoms with Gasteiger partial charge in [-0.25, -0.2) is 0 Å². The maximum absolute atomic E-state index is 12.6. The van der Waals surface area contributed by atoms with E-state index in [1.165, 1.54) is 16.5 Å². The van der Waals surface area contributed by atoms with Gasteiger partial charge < -0.3 is 15.0 Å². The number of carbonyl (C=O) groups is 1. The fraction of sp³-hybridized carbons (Fsp3) is 0.526. The van der Waals surface area contributed by atoms with E-state index in [2.05, 4.69) is 30.1 Å². The van der Waals surface area contributed by atoms with Crippen molar-refractivity contribution in [2.45, 2.75) is 51.5 Å². The number of aromatic nitrogens is 1. The van der Waals surface area contributed by atoms with Crippen molar-refractivity contribution in [2.24, 2.45) is 0 Å². The number of likely N-dealkylation sites (tertiary alicyclic amines) is 1. The minimum atomic E-state index is 0.215. The zero-order valence-electron chi connectivity index (χ0n) is 13.8. The van der Waals surface area contributed by atoms with Crippen molar-refractivity contribution < 1.29 is 9.90 Å². The Morgan fingerprint density at radius 2 is 2.30 bits per heavy atom. The molecule has 1 fully saturated rings. The van der Waals surface area contributed by atoms with Gasteiger partial charge in [-0.1, -0.05) is 11.6 Å². The molecule has 1 aromatic carbocycles. The minimum absolute atomic E-state index is 0.215. The third-order valence-corrected chi connectivity index (χ3v) is 4.92. The second-order valence-corrected chi connectivity index (χ2v) is 6.61. The topological polar surface area (TPSA) is 56.3 Å². The number of hydrogen-bond acceptors (Lipinski definition) is 2. The Labute approximate surface area is 137 Å². The van der Waals surface area contributed by atoms with Crippen molar-refractivity contribution >= 4 is 16.8 Å². The molecule has 2 aromatic rings. The maximum Gasteiger partial charge on any atom is 0.223 e. The highest BCUT2D eigenvalue weighted by atomic mass is 16.3. The van der Waals surface area contributed by atoms with E-state index in [0.29, 0.717) is 12.5 Å². The Balaban J connectivity index is 1.62. The molecule has 4 heteroatoms. The van der Waals surface area contributed by atoms with Crippen LogP contribution in [0.4, 0.5) is 0 Å². The Bertz CT molecular complexity index is 677. The Kier molecular flexibility index (Phi) is 5.01. The molecule has 0 saturated carbocycles. The minimum Gasteiger partial charge on any atom is -0.396 e. The molecule has 3 rings (SSSR count). The number of rotatable bonds is 6. The van der Waals surface area contributed by atoms with Gasteiger partial charge in [0.05, 0.1) is 0 Å². The van der Waals surface area contributed by atoms with Gasteiger partial charge >= 0.3 is 0 Å². The van der Waals surface area contributed by atoms with Crippen molar-refractivity contribution in [3.8, 4) is 0 Å². The fourth-order valence-corrected chi connectivity index (χ4v) is 3.68. The van der Waals surface area contributed by atoms with E-state index in [0.717, 1.165) is 44.2 Å². The van der Waals surface area contributed by atoms with Gasteiger partial charge in [-0.2, -0.15) is 0 Å². The van der Waals surface area contributed by atoms with Crippen molar-refractivity contribution in [3.05, 3.63) is 35.5 Å². The van der Waals surface area contributed by atoms with Crippen LogP contribution in [0, 0.1) is 6.92 Å². The van der Waals surface area contributed by atoms with Gasteiger partial charge in [-0.15, -0.1) is 0 Å². The van der Waals surface area contributed by atoms with Gasteiger partial charge in [0.15, 0.2) is 0 Å². The number of aliphatic hydroxyl groups is 1. The first-order valence-corrected chi connectivity index (χ1v) is 8.66. The summed E-state index contributed by atoms with van der Waals surface area (Å²) in [5.74, 6) is 0.257. The monoisotopic (exact) mass is 314 g/mol. The molecule has 0 aliphatic carbocycles. The van der Waals surface area contributed by atoms with Gasteiger partial charge in [0.1, 0.15) is 0 Å². The molecule has 4 nitrogen and oxygen atoms in total. The lowest BCUT2D eigenvalue weighted by Crippen LogP contribution is -2.35. The molecule has 0 spiro atoms. The Morgan fingerprint density at radius 1 is 1.43 bits per heavy atom. The predicted octanol–water partition coefficient (Wildman–Crippen LogP) is 3.17. The third-order valence-electron chi connectivity index (χ3n) is 4.92. The molecule has 124 valence electrons. The van der Waals surface area contributed by atoms with Crippen LogP contribution in [0.1, 0.15) is 43.2 Å². The highest BCUT2D eigenvalue weighted by Crippen LogP contribution is 2.24. The second-order valence-electron chi connectivity index (χ2n) is 6.61. The Hall–Kier alpha value is -1.81. The molecule has 1 saturated heterocycles. The average molecular weight is 314 g/mol. The molecule has 1 aliphatic rings. The zero-order chi connectivity index (χ0) is 16.2. The third kappa shape index (κ3) is 3.58. The van der Waals surface area contributed by atoms with Crippen LogP contribution >= 0.6 is 0 Å². The van der Waals surface area contributed by atoms with Crippen LogP contribution in [0.25, 0.3) is 10.9 Å². The largest absolute Gasteiger partial charge is 0.396 e. The van der Waals surface area contributed by atoms with Gasteiger partial charge in [-0.3, -0.25) is 4.79 Å². The molecule has 1 aromatic heterocycles. The molecule has 23 heavy (non-hydrogen) atoms. The number of fused-ring (bicyclic) bond motifs is 1. The molecule has 2 N–H and O–H groups in total. The molecule has 1 atom stereocenters. The molecular formula is C19H26N2O2. The lowest BCUT2D eigenvalue weighted by Gasteiger charge is -2.24. The lowest BCUT2D eigenvalue weighted by molar-refractivity contribution is -0.132. The number of aryl methyl sites for hydroxylation is 2. The number of amides is 1. The van der Waals surface area contributed by atoms with E-state index < -0.39 is 0 Å². The summed E-state index contributed by atoms with van der Waals surface area (Å²) in [4.78, 5) is 17.9. The summed E-state index contributed by atoms with van der Waals surface area (Å²) in [5, 5.41) is 10.2. The number of aromatic amines is 1. The van der Waals surface area contributed by atoms with E-state index in [4.69, 9.17) is 5.11 Å². The van der Waals surface area contributed by atoms with E-state index in [1.54, 1.807) is 0 Å². The quantitative estimate of drug-likeness (QED) is 0.860. The molecule has 1 unspecified atom stereocenters. The van der Waals surface area contributed by atoms with E-state index >= 15 is 0 Å². The summed E-state index contributed by atoms with van der Waals surface area (Å²) in [6.45, 7) is 3.19. The van der Waals surface area contributed by atoms with Gasteiger partial charge in [-0.05, 0) is 56.7 Å². The van der Waals surface area contributed by atoms with Crippen LogP contribution in [0.5, 0.6) is 0 Å². The van der Waals surface area contributed by atoms with Crippen LogP contribution in [0.15, 0.2) is 24.4 Å². The summed E-state index contributed by atoms with van der Waals surface area (Å²) in [7, 11) is 0. The lowest BCUT2D eigenvalue weighted by atomic mass is 10.1. The van der Waals surface area contributed by atoms with Crippen LogP contribution < -0.4 is 0 Å². The highest BCUT2D eigenvalue weighted by molar-refractivity contribution is 5.85. The van der Waals surface area contributed by atoms with Crippen molar-refractivity contribution in [1.82, 2.24) is 9.88 Å². The molecule has 0 radical (unpaired) electrons. The van der Waals surface area contributed by atoms with Crippen LogP contribution in [0.3, 0.4) is 0 Å².